The molecule has 0 aromatic heterocycles. The van der Waals surface area contributed by atoms with E-state index in [0.717, 1.165) is 17.2 Å². The molecule has 0 spiro atoms. The molecule has 2 aromatic rings. The summed E-state index contributed by atoms with van der Waals surface area (Å²) in [4.78, 5) is 0. The Kier molecular flexibility index (Phi) is 3.41. The normalized spacial score (nSPS) is 11.6. The Bertz CT molecular complexity index is 541. The quantitative estimate of drug-likeness (QED) is 0.730. The predicted molar refractivity (Wildman–Crippen MR) is 65.4 cm³/mol. The van der Waals surface area contributed by atoms with E-state index in [2.05, 4.69) is 0 Å². The lowest BCUT2D eigenvalue weighted by Gasteiger charge is -2.13. The second kappa shape index (κ2) is 4.84. The summed E-state index contributed by atoms with van der Waals surface area (Å²) < 4.78 is 38.6. The first-order chi connectivity index (χ1) is 8.48. The van der Waals surface area contributed by atoms with Gasteiger partial charge in [-0.2, -0.15) is 13.2 Å². The van der Waals surface area contributed by atoms with Gasteiger partial charge in [0.15, 0.2) is 0 Å². The average molecular weight is 250 g/mol. The van der Waals surface area contributed by atoms with Crippen LogP contribution in [-0.2, 0) is 12.6 Å². The third kappa shape index (κ3) is 2.73. The van der Waals surface area contributed by atoms with Crippen LogP contribution in [0.15, 0.2) is 48.5 Å². The Labute approximate surface area is 104 Å². The van der Waals surface area contributed by atoms with E-state index in [0.29, 0.717) is 12.0 Å². The Hall–Kier alpha value is -1.77. The monoisotopic (exact) mass is 250 g/mol. The number of hydrogen-bond donors (Lipinski definition) is 0. The van der Waals surface area contributed by atoms with Crippen LogP contribution in [0.2, 0.25) is 0 Å². The van der Waals surface area contributed by atoms with Crippen molar-refractivity contribution >= 4 is 0 Å². The minimum atomic E-state index is -4.29. The van der Waals surface area contributed by atoms with Crippen molar-refractivity contribution in [1.82, 2.24) is 0 Å². The second-order valence-corrected chi connectivity index (χ2v) is 4.26. The highest BCUT2D eigenvalue weighted by molar-refractivity contribution is 5.37. The molecule has 0 aliphatic carbocycles. The van der Waals surface area contributed by atoms with Gasteiger partial charge in [-0.1, -0.05) is 42.5 Å². The summed E-state index contributed by atoms with van der Waals surface area (Å²) in [5.41, 5.74) is 1.70. The highest BCUT2D eigenvalue weighted by Crippen LogP contribution is 2.33. The van der Waals surface area contributed by atoms with Gasteiger partial charge in [-0.25, -0.2) is 0 Å². The van der Waals surface area contributed by atoms with Gasteiger partial charge in [0.25, 0.3) is 0 Å². The molecule has 94 valence electrons. The molecule has 0 unspecified atom stereocenters. The van der Waals surface area contributed by atoms with E-state index in [1.54, 1.807) is 6.07 Å². The summed E-state index contributed by atoms with van der Waals surface area (Å²) in [6.07, 6.45) is -3.98. The van der Waals surface area contributed by atoms with Crippen LogP contribution >= 0.6 is 0 Å². The Balaban J connectivity index is 2.39. The van der Waals surface area contributed by atoms with Crippen molar-refractivity contribution in [2.24, 2.45) is 0 Å². The fraction of sp³-hybridized carbons (Fsp3) is 0.200. The number of benzene rings is 2. The van der Waals surface area contributed by atoms with E-state index in [1.807, 2.05) is 31.2 Å². The zero-order valence-corrected chi connectivity index (χ0v) is 9.96. The maximum Gasteiger partial charge on any atom is 0.416 e. The summed E-state index contributed by atoms with van der Waals surface area (Å²) in [6.45, 7) is 1.91. The highest BCUT2D eigenvalue weighted by atomic mass is 19.4. The molecule has 0 atom stereocenters. The molecule has 0 N–H and O–H groups in total. The third-order valence-electron chi connectivity index (χ3n) is 2.96. The molecular formula is C15H13F3. The molecular weight excluding hydrogens is 237 g/mol. The molecule has 0 nitrogen and oxygen atoms in total. The van der Waals surface area contributed by atoms with Gasteiger partial charge in [-0.15, -0.1) is 0 Å². The number of hydrogen-bond acceptors (Lipinski definition) is 0. The number of aryl methyl sites for hydroxylation is 1. The lowest BCUT2D eigenvalue weighted by molar-refractivity contribution is -0.138. The molecule has 0 radical (unpaired) electrons. The first-order valence-electron chi connectivity index (χ1n) is 5.68. The Morgan fingerprint density at radius 1 is 0.833 bits per heavy atom. The first kappa shape index (κ1) is 12.7. The predicted octanol–water partition coefficient (Wildman–Crippen LogP) is 4.60. The van der Waals surface area contributed by atoms with Crippen LogP contribution < -0.4 is 0 Å². The molecule has 3 heteroatoms. The fourth-order valence-corrected chi connectivity index (χ4v) is 1.96. The van der Waals surface area contributed by atoms with E-state index >= 15 is 0 Å². The lowest BCUT2D eigenvalue weighted by atomic mass is 9.97. The van der Waals surface area contributed by atoms with E-state index in [-0.39, 0.29) is 0 Å². The Morgan fingerprint density at radius 3 is 2.00 bits per heavy atom. The highest BCUT2D eigenvalue weighted by Gasteiger charge is 2.32. The van der Waals surface area contributed by atoms with Gasteiger partial charge in [0.2, 0.25) is 0 Å². The number of alkyl halides is 3. The fourth-order valence-electron chi connectivity index (χ4n) is 1.96. The van der Waals surface area contributed by atoms with Gasteiger partial charge >= 0.3 is 6.18 Å². The molecule has 0 saturated carbocycles. The molecule has 0 aliphatic rings. The maximum absolute atomic E-state index is 12.9. The van der Waals surface area contributed by atoms with Gasteiger partial charge in [0.1, 0.15) is 0 Å². The molecule has 0 saturated heterocycles. The lowest BCUT2D eigenvalue weighted by Crippen LogP contribution is -2.09. The summed E-state index contributed by atoms with van der Waals surface area (Å²) in [5, 5.41) is 0. The summed E-state index contributed by atoms with van der Waals surface area (Å²) in [6, 6.07) is 13.2. The SMILES string of the molecule is Cc1ccccc1Cc1ccccc1C(F)(F)F. The van der Waals surface area contributed by atoms with Gasteiger partial charge < -0.3 is 0 Å². The van der Waals surface area contributed by atoms with Crippen molar-refractivity contribution in [2.45, 2.75) is 19.5 Å². The van der Waals surface area contributed by atoms with Crippen LogP contribution in [0.3, 0.4) is 0 Å². The summed E-state index contributed by atoms with van der Waals surface area (Å²) >= 11 is 0. The minimum absolute atomic E-state index is 0.308. The molecule has 0 amide bonds. The van der Waals surface area contributed by atoms with Gasteiger partial charge in [-0.3, -0.25) is 0 Å². The van der Waals surface area contributed by atoms with Crippen molar-refractivity contribution in [2.75, 3.05) is 0 Å². The van der Waals surface area contributed by atoms with Crippen LogP contribution in [-0.4, -0.2) is 0 Å². The molecule has 0 fully saturated rings. The zero-order valence-electron chi connectivity index (χ0n) is 9.96. The first-order valence-corrected chi connectivity index (χ1v) is 5.68. The smallest absolute Gasteiger partial charge is 0.166 e. The van der Waals surface area contributed by atoms with Crippen molar-refractivity contribution in [3.05, 3.63) is 70.8 Å². The van der Waals surface area contributed by atoms with Crippen molar-refractivity contribution in [3.63, 3.8) is 0 Å². The molecule has 18 heavy (non-hydrogen) atoms. The van der Waals surface area contributed by atoms with Gasteiger partial charge in [0, 0.05) is 0 Å². The van der Waals surface area contributed by atoms with Crippen molar-refractivity contribution in [1.29, 1.82) is 0 Å². The molecule has 0 bridgehead atoms. The summed E-state index contributed by atoms with van der Waals surface area (Å²) in [5.74, 6) is 0. The van der Waals surface area contributed by atoms with Gasteiger partial charge in [-0.05, 0) is 36.1 Å². The van der Waals surface area contributed by atoms with Gasteiger partial charge in [0.05, 0.1) is 5.56 Å². The topological polar surface area (TPSA) is 0 Å². The second-order valence-electron chi connectivity index (χ2n) is 4.26. The maximum atomic E-state index is 12.9. The van der Waals surface area contributed by atoms with Crippen LogP contribution in [0.25, 0.3) is 0 Å². The largest absolute Gasteiger partial charge is 0.416 e. The van der Waals surface area contributed by atoms with E-state index in [1.165, 1.54) is 12.1 Å². The molecule has 0 aliphatic heterocycles. The van der Waals surface area contributed by atoms with E-state index in [4.69, 9.17) is 0 Å². The minimum Gasteiger partial charge on any atom is -0.166 e. The zero-order chi connectivity index (χ0) is 13.2. The Morgan fingerprint density at radius 2 is 1.39 bits per heavy atom. The van der Waals surface area contributed by atoms with Crippen LogP contribution in [0.1, 0.15) is 22.3 Å². The molecule has 0 heterocycles. The van der Waals surface area contributed by atoms with E-state index in [9.17, 15) is 13.2 Å². The molecule has 2 aromatic carbocycles. The van der Waals surface area contributed by atoms with Crippen LogP contribution in [0, 0.1) is 6.92 Å². The average Bonchev–Trinajstić information content (AvgIpc) is 2.31. The number of halogens is 3. The van der Waals surface area contributed by atoms with Crippen molar-refractivity contribution < 1.29 is 13.2 Å². The standard InChI is InChI=1S/C15H13F3/c1-11-6-2-3-7-12(11)10-13-8-4-5-9-14(13)15(16,17)18/h2-9H,10H2,1H3. The van der Waals surface area contributed by atoms with Crippen LogP contribution in [0.4, 0.5) is 13.2 Å². The van der Waals surface area contributed by atoms with Crippen LogP contribution in [0.5, 0.6) is 0 Å². The van der Waals surface area contributed by atoms with Crippen molar-refractivity contribution in [3.8, 4) is 0 Å². The van der Waals surface area contributed by atoms with E-state index < -0.39 is 11.7 Å². The third-order valence-corrected chi connectivity index (χ3v) is 2.96. The molecule has 2 rings (SSSR count). The number of rotatable bonds is 2. The summed E-state index contributed by atoms with van der Waals surface area (Å²) in [7, 11) is 0.